The number of nitrogens with one attached hydrogen (secondary N) is 1. The molecule has 18 heavy (non-hydrogen) atoms. The minimum Gasteiger partial charge on any atom is -0.375 e. The van der Waals surface area contributed by atoms with Crippen molar-refractivity contribution < 1.29 is 4.74 Å². The monoisotopic (exact) mass is 253 g/mol. The van der Waals surface area contributed by atoms with E-state index in [4.69, 9.17) is 4.74 Å². The van der Waals surface area contributed by atoms with E-state index in [0.29, 0.717) is 0 Å². The Morgan fingerprint density at radius 2 is 1.83 bits per heavy atom. The summed E-state index contributed by atoms with van der Waals surface area (Å²) in [5.74, 6) is 0.861. The van der Waals surface area contributed by atoms with E-state index in [1.165, 1.54) is 64.2 Å². The fourth-order valence-electron chi connectivity index (χ4n) is 3.30. The Kier molecular flexibility index (Phi) is 5.97. The second-order valence-corrected chi connectivity index (χ2v) is 6.35. The van der Waals surface area contributed by atoms with E-state index >= 15 is 0 Å². The first-order chi connectivity index (χ1) is 8.85. The molecule has 2 heteroatoms. The summed E-state index contributed by atoms with van der Waals surface area (Å²) >= 11 is 0. The third kappa shape index (κ3) is 4.24. The third-order valence-corrected chi connectivity index (χ3v) is 4.80. The van der Waals surface area contributed by atoms with Gasteiger partial charge in [0.15, 0.2) is 0 Å². The Bertz CT molecular complexity index is 219. The van der Waals surface area contributed by atoms with Crippen molar-refractivity contribution in [3.63, 3.8) is 0 Å². The molecular weight excluding hydrogens is 222 g/mol. The highest BCUT2D eigenvalue weighted by atomic mass is 16.5. The molecule has 2 rings (SSSR count). The average molecular weight is 253 g/mol. The highest BCUT2D eigenvalue weighted by Gasteiger charge is 2.37. The van der Waals surface area contributed by atoms with Crippen molar-refractivity contribution >= 4 is 0 Å². The van der Waals surface area contributed by atoms with Crippen LogP contribution in [0.15, 0.2) is 0 Å². The molecule has 1 N–H and O–H groups in total. The standard InChI is InChI=1S/C16H31NO/c1-2-12-17-13-11-16(9-6-10-16)18-14-15-7-4-3-5-8-15/h15,17H,2-14H2,1H3. The van der Waals surface area contributed by atoms with E-state index < -0.39 is 0 Å². The Hall–Kier alpha value is -0.0800. The van der Waals surface area contributed by atoms with Gasteiger partial charge in [0, 0.05) is 0 Å². The average Bonchev–Trinajstić information content (AvgIpc) is 2.37. The lowest BCUT2D eigenvalue weighted by atomic mass is 9.77. The van der Waals surface area contributed by atoms with Gasteiger partial charge in [0.1, 0.15) is 0 Å². The second kappa shape index (κ2) is 7.49. The van der Waals surface area contributed by atoms with Gasteiger partial charge in [-0.1, -0.05) is 26.2 Å². The maximum atomic E-state index is 6.35. The van der Waals surface area contributed by atoms with Crippen molar-refractivity contribution in [2.75, 3.05) is 19.7 Å². The zero-order chi connectivity index (χ0) is 12.7. The summed E-state index contributed by atoms with van der Waals surface area (Å²) in [4.78, 5) is 0. The summed E-state index contributed by atoms with van der Waals surface area (Å²) in [7, 11) is 0. The zero-order valence-electron chi connectivity index (χ0n) is 12.2. The van der Waals surface area contributed by atoms with Crippen molar-refractivity contribution in [3.8, 4) is 0 Å². The largest absolute Gasteiger partial charge is 0.375 e. The molecule has 0 atom stereocenters. The van der Waals surface area contributed by atoms with Crippen LogP contribution in [0.1, 0.15) is 71.1 Å². The van der Waals surface area contributed by atoms with Gasteiger partial charge in [0.05, 0.1) is 12.2 Å². The van der Waals surface area contributed by atoms with E-state index in [-0.39, 0.29) is 5.60 Å². The maximum Gasteiger partial charge on any atom is 0.0694 e. The molecule has 0 heterocycles. The van der Waals surface area contributed by atoms with Gasteiger partial charge in [0.25, 0.3) is 0 Å². The van der Waals surface area contributed by atoms with Crippen LogP contribution < -0.4 is 5.32 Å². The van der Waals surface area contributed by atoms with Crippen LogP contribution in [-0.4, -0.2) is 25.3 Å². The van der Waals surface area contributed by atoms with Crippen LogP contribution in [0, 0.1) is 5.92 Å². The summed E-state index contributed by atoms with van der Waals surface area (Å²) in [6, 6.07) is 0. The van der Waals surface area contributed by atoms with Crippen molar-refractivity contribution in [2.24, 2.45) is 5.92 Å². The molecule has 2 fully saturated rings. The molecule has 0 aliphatic heterocycles. The summed E-state index contributed by atoms with van der Waals surface area (Å²) in [5, 5.41) is 3.52. The number of ether oxygens (including phenoxy) is 1. The Balaban J connectivity index is 1.64. The molecule has 2 nitrogen and oxygen atoms in total. The van der Waals surface area contributed by atoms with Gasteiger partial charge in [-0.15, -0.1) is 0 Å². The van der Waals surface area contributed by atoms with Gasteiger partial charge in [0.2, 0.25) is 0 Å². The number of hydrogen-bond acceptors (Lipinski definition) is 2. The Morgan fingerprint density at radius 1 is 1.06 bits per heavy atom. The van der Waals surface area contributed by atoms with Crippen LogP contribution in [0.2, 0.25) is 0 Å². The molecule has 0 spiro atoms. The lowest BCUT2D eigenvalue weighted by molar-refractivity contribution is -0.118. The summed E-state index contributed by atoms with van der Waals surface area (Å²) in [5.41, 5.74) is 0.262. The topological polar surface area (TPSA) is 21.3 Å². The molecule has 2 aliphatic rings. The van der Waals surface area contributed by atoms with Crippen LogP contribution >= 0.6 is 0 Å². The van der Waals surface area contributed by atoms with Crippen LogP contribution in [0.4, 0.5) is 0 Å². The van der Waals surface area contributed by atoms with Gasteiger partial charge < -0.3 is 10.1 Å². The predicted octanol–water partition coefficient (Wildman–Crippen LogP) is 3.90. The first-order valence-electron chi connectivity index (χ1n) is 8.19. The molecule has 0 aromatic heterocycles. The molecule has 0 aromatic rings. The van der Waals surface area contributed by atoms with Crippen molar-refractivity contribution in [2.45, 2.75) is 76.7 Å². The minimum absolute atomic E-state index is 0.262. The first kappa shape index (κ1) is 14.3. The SMILES string of the molecule is CCCNCCC1(OCC2CCCCC2)CCC1. The van der Waals surface area contributed by atoms with Gasteiger partial charge in [-0.2, -0.15) is 0 Å². The van der Waals surface area contributed by atoms with Crippen molar-refractivity contribution in [1.29, 1.82) is 0 Å². The summed E-state index contributed by atoms with van der Waals surface area (Å²) < 4.78 is 6.35. The molecule has 0 saturated heterocycles. The molecule has 0 amide bonds. The first-order valence-corrected chi connectivity index (χ1v) is 8.19. The third-order valence-electron chi connectivity index (χ3n) is 4.80. The van der Waals surface area contributed by atoms with Crippen LogP contribution in [0.25, 0.3) is 0 Å². The molecule has 0 aromatic carbocycles. The highest BCUT2D eigenvalue weighted by Crippen LogP contribution is 2.39. The van der Waals surface area contributed by atoms with Gasteiger partial charge >= 0.3 is 0 Å². The van der Waals surface area contributed by atoms with Gasteiger partial charge in [-0.25, -0.2) is 0 Å². The molecule has 0 unspecified atom stereocenters. The summed E-state index contributed by atoms with van der Waals surface area (Å²) in [6.07, 6.45) is 13.5. The maximum absolute atomic E-state index is 6.35. The quantitative estimate of drug-likeness (QED) is 0.663. The Labute approximate surface area is 113 Å². The van der Waals surface area contributed by atoms with Gasteiger partial charge in [-0.3, -0.25) is 0 Å². The summed E-state index contributed by atoms with van der Waals surface area (Å²) in [6.45, 7) is 5.55. The smallest absolute Gasteiger partial charge is 0.0694 e. The lowest BCUT2D eigenvalue weighted by Crippen LogP contribution is -2.43. The number of hydrogen-bond donors (Lipinski definition) is 1. The van der Waals surface area contributed by atoms with Crippen LogP contribution in [-0.2, 0) is 4.74 Å². The normalized spacial score (nSPS) is 23.8. The molecule has 0 bridgehead atoms. The van der Waals surface area contributed by atoms with E-state index in [9.17, 15) is 0 Å². The van der Waals surface area contributed by atoms with Gasteiger partial charge in [-0.05, 0) is 64.0 Å². The fourth-order valence-corrected chi connectivity index (χ4v) is 3.30. The second-order valence-electron chi connectivity index (χ2n) is 6.35. The zero-order valence-corrected chi connectivity index (χ0v) is 12.2. The molecule has 106 valence electrons. The van der Waals surface area contributed by atoms with E-state index in [2.05, 4.69) is 12.2 Å². The molecule has 2 saturated carbocycles. The fraction of sp³-hybridized carbons (Fsp3) is 1.00. The minimum atomic E-state index is 0.262. The van der Waals surface area contributed by atoms with E-state index in [1.54, 1.807) is 0 Å². The van der Waals surface area contributed by atoms with E-state index in [0.717, 1.165) is 25.6 Å². The molecule has 2 aliphatic carbocycles. The van der Waals surface area contributed by atoms with Crippen LogP contribution in [0.5, 0.6) is 0 Å². The highest BCUT2D eigenvalue weighted by molar-refractivity contribution is 4.90. The molecule has 0 radical (unpaired) electrons. The van der Waals surface area contributed by atoms with Crippen molar-refractivity contribution in [1.82, 2.24) is 5.32 Å². The Morgan fingerprint density at radius 3 is 2.44 bits per heavy atom. The predicted molar refractivity (Wildman–Crippen MR) is 76.9 cm³/mol. The molecular formula is C16H31NO. The van der Waals surface area contributed by atoms with Crippen LogP contribution in [0.3, 0.4) is 0 Å². The lowest BCUT2D eigenvalue weighted by Gasteiger charge is -2.43. The van der Waals surface area contributed by atoms with E-state index in [1.807, 2.05) is 0 Å². The van der Waals surface area contributed by atoms with Crippen molar-refractivity contribution in [3.05, 3.63) is 0 Å². The number of rotatable bonds is 8.